The summed E-state index contributed by atoms with van der Waals surface area (Å²) >= 11 is 9.92. The van der Waals surface area contributed by atoms with Gasteiger partial charge in [-0.15, -0.1) is 0 Å². The van der Waals surface area contributed by atoms with Gasteiger partial charge in [0, 0.05) is 23.0 Å². The van der Waals surface area contributed by atoms with Gasteiger partial charge in [-0.1, -0.05) is 48.9 Å². The molecule has 3 unspecified atom stereocenters. The third kappa shape index (κ3) is 2.56. The molecule has 0 aromatic heterocycles. The number of carbonyl (C=O) groups is 2. The minimum absolute atomic E-state index is 0.0162. The highest BCUT2D eigenvalue weighted by molar-refractivity contribution is 9.07. The molecule has 2 aromatic rings. The van der Waals surface area contributed by atoms with Crippen LogP contribution in [0.15, 0.2) is 48.5 Å². The topological polar surface area (TPSA) is 49.4 Å². The van der Waals surface area contributed by atoms with Crippen molar-refractivity contribution < 1.29 is 9.59 Å². The maximum Gasteiger partial charge on any atom is 0.237 e. The lowest BCUT2D eigenvalue weighted by atomic mass is 9.57. The van der Waals surface area contributed by atoms with Crippen molar-refractivity contribution in [2.45, 2.75) is 50.0 Å². The first-order valence-electron chi connectivity index (χ1n) is 10.1. The van der Waals surface area contributed by atoms with Gasteiger partial charge in [-0.05, 0) is 54.0 Å². The summed E-state index contributed by atoms with van der Waals surface area (Å²) in [5.41, 5.74) is 1.85. The maximum atomic E-state index is 13.8. The van der Waals surface area contributed by atoms with E-state index in [1.54, 1.807) is 3.93 Å². The second kappa shape index (κ2) is 6.58. The van der Waals surface area contributed by atoms with Crippen LogP contribution in [0.1, 0.15) is 49.7 Å². The predicted molar refractivity (Wildman–Crippen MR) is 117 cm³/mol. The number of hydrogen-bond acceptors (Lipinski definition) is 2. The first kappa shape index (κ1) is 19.1. The fraction of sp³-hybridized carbons (Fsp3) is 0.391. The molecule has 1 N–H and O–H groups in total. The van der Waals surface area contributed by atoms with Crippen molar-refractivity contribution in [3.8, 4) is 0 Å². The minimum Gasteiger partial charge on any atom is -0.325 e. The summed E-state index contributed by atoms with van der Waals surface area (Å²) in [4.78, 5) is 27.0. The molecule has 1 spiro atoms. The molecule has 0 bridgehead atoms. The van der Waals surface area contributed by atoms with Crippen LogP contribution in [-0.2, 0) is 15.0 Å². The number of rotatable bonds is 3. The second-order valence-corrected chi connectivity index (χ2v) is 9.70. The highest BCUT2D eigenvalue weighted by Crippen LogP contribution is 2.66. The molecule has 2 fully saturated rings. The van der Waals surface area contributed by atoms with Crippen LogP contribution in [-0.4, -0.2) is 21.8 Å². The van der Waals surface area contributed by atoms with Crippen molar-refractivity contribution in [3.63, 3.8) is 0 Å². The molecule has 29 heavy (non-hydrogen) atoms. The number of para-hydroxylation sites is 1. The van der Waals surface area contributed by atoms with Gasteiger partial charge in [0.05, 0.1) is 22.2 Å². The fourth-order valence-corrected chi connectivity index (χ4v) is 6.76. The van der Waals surface area contributed by atoms with Crippen LogP contribution in [0.25, 0.3) is 0 Å². The van der Waals surface area contributed by atoms with Crippen LogP contribution in [0.3, 0.4) is 0 Å². The van der Waals surface area contributed by atoms with E-state index in [9.17, 15) is 9.59 Å². The standard InChI is InChI=1S/C23H22BrClN2O2/c1-2-22(10-11-22)20-23(16-8-3-4-9-18(16)26-21(23)29)17(13-19(28)27(20)24)14-6-5-7-15(25)12-14/h3-9,12,17,20H,2,10-11,13H2,1H3,(H,26,29). The number of hydrogen-bond donors (Lipinski definition) is 1. The largest absolute Gasteiger partial charge is 0.325 e. The summed E-state index contributed by atoms with van der Waals surface area (Å²) in [6.07, 6.45) is 3.21. The Morgan fingerprint density at radius 2 is 1.93 bits per heavy atom. The van der Waals surface area contributed by atoms with E-state index in [0.29, 0.717) is 5.02 Å². The van der Waals surface area contributed by atoms with Crippen molar-refractivity contribution in [1.82, 2.24) is 3.93 Å². The number of halogens is 2. The van der Waals surface area contributed by atoms with Gasteiger partial charge in [0.2, 0.25) is 11.8 Å². The number of nitrogens with zero attached hydrogens (tertiary/aromatic N) is 1. The third-order valence-electron chi connectivity index (χ3n) is 7.25. The number of fused-ring (bicyclic) bond motifs is 2. The third-order valence-corrected chi connectivity index (χ3v) is 8.29. The Morgan fingerprint density at radius 3 is 2.62 bits per heavy atom. The van der Waals surface area contributed by atoms with Gasteiger partial charge in [-0.25, -0.2) is 0 Å². The summed E-state index contributed by atoms with van der Waals surface area (Å²) in [6, 6.07) is 15.3. The van der Waals surface area contributed by atoms with E-state index in [2.05, 4.69) is 28.4 Å². The first-order chi connectivity index (χ1) is 13.9. The lowest BCUT2D eigenvalue weighted by Crippen LogP contribution is -2.63. The second-order valence-electron chi connectivity index (χ2n) is 8.50. The Morgan fingerprint density at radius 1 is 1.17 bits per heavy atom. The summed E-state index contributed by atoms with van der Waals surface area (Å²) in [5.74, 6) is -0.284. The molecular weight excluding hydrogens is 452 g/mol. The van der Waals surface area contributed by atoms with Gasteiger partial charge in [-0.2, -0.15) is 0 Å². The average molecular weight is 474 g/mol. The van der Waals surface area contributed by atoms with Crippen molar-refractivity contribution in [2.24, 2.45) is 5.41 Å². The average Bonchev–Trinajstić information content (AvgIpc) is 3.45. The van der Waals surface area contributed by atoms with Crippen LogP contribution in [0.4, 0.5) is 5.69 Å². The molecule has 2 aromatic carbocycles. The molecule has 5 rings (SSSR count). The normalized spacial score (nSPS) is 29.7. The molecule has 2 amide bonds. The molecule has 0 radical (unpaired) electrons. The summed E-state index contributed by atoms with van der Waals surface area (Å²) in [5, 5.41) is 3.75. The van der Waals surface area contributed by atoms with E-state index in [1.165, 1.54) is 0 Å². The van der Waals surface area contributed by atoms with E-state index in [1.807, 2.05) is 48.5 Å². The molecule has 1 aliphatic carbocycles. The van der Waals surface area contributed by atoms with Gasteiger partial charge in [-0.3, -0.25) is 13.5 Å². The maximum absolute atomic E-state index is 13.8. The Balaban J connectivity index is 1.81. The fourth-order valence-electron chi connectivity index (χ4n) is 5.66. The van der Waals surface area contributed by atoms with E-state index < -0.39 is 5.41 Å². The van der Waals surface area contributed by atoms with Crippen LogP contribution in [0.2, 0.25) is 5.02 Å². The van der Waals surface area contributed by atoms with Gasteiger partial charge in [0.1, 0.15) is 5.41 Å². The number of piperidine rings is 1. The zero-order valence-electron chi connectivity index (χ0n) is 16.1. The minimum atomic E-state index is -0.856. The van der Waals surface area contributed by atoms with Crippen molar-refractivity contribution in [3.05, 3.63) is 64.7 Å². The molecule has 2 heterocycles. The Labute approximate surface area is 183 Å². The van der Waals surface area contributed by atoms with Crippen LogP contribution >= 0.6 is 27.7 Å². The van der Waals surface area contributed by atoms with Crippen LogP contribution in [0, 0.1) is 5.41 Å². The lowest BCUT2D eigenvalue weighted by molar-refractivity contribution is -0.140. The highest BCUT2D eigenvalue weighted by atomic mass is 79.9. The predicted octanol–water partition coefficient (Wildman–Crippen LogP) is 5.41. The van der Waals surface area contributed by atoms with Crippen molar-refractivity contribution >= 4 is 45.2 Å². The smallest absolute Gasteiger partial charge is 0.237 e. The highest BCUT2D eigenvalue weighted by Gasteiger charge is 2.69. The number of amides is 2. The lowest BCUT2D eigenvalue weighted by Gasteiger charge is -2.52. The van der Waals surface area contributed by atoms with Gasteiger partial charge in [0.15, 0.2) is 0 Å². The molecule has 3 aliphatic rings. The Bertz CT molecular complexity index is 1020. The number of carbonyl (C=O) groups excluding carboxylic acids is 2. The molecule has 1 saturated heterocycles. The van der Waals surface area contributed by atoms with E-state index in [4.69, 9.17) is 11.6 Å². The summed E-state index contributed by atoms with van der Waals surface area (Å²) in [6.45, 7) is 2.16. The molecule has 150 valence electrons. The van der Waals surface area contributed by atoms with E-state index in [0.717, 1.165) is 36.1 Å². The Kier molecular flexibility index (Phi) is 4.34. The molecule has 1 saturated carbocycles. The number of benzene rings is 2. The Hall–Kier alpha value is -1.85. The molecule has 2 aliphatic heterocycles. The van der Waals surface area contributed by atoms with Gasteiger partial charge in [0.25, 0.3) is 0 Å². The van der Waals surface area contributed by atoms with Crippen molar-refractivity contribution in [1.29, 1.82) is 0 Å². The van der Waals surface area contributed by atoms with Gasteiger partial charge >= 0.3 is 0 Å². The molecule has 4 nitrogen and oxygen atoms in total. The number of nitrogens with one attached hydrogen (secondary N) is 1. The summed E-state index contributed by atoms with van der Waals surface area (Å²) in [7, 11) is 0. The van der Waals surface area contributed by atoms with E-state index in [-0.39, 0.29) is 35.6 Å². The van der Waals surface area contributed by atoms with Crippen LogP contribution < -0.4 is 5.32 Å². The zero-order valence-corrected chi connectivity index (χ0v) is 18.5. The van der Waals surface area contributed by atoms with E-state index >= 15 is 0 Å². The SMILES string of the molecule is CCC1(C2N(Br)C(=O)CC(c3cccc(Cl)c3)C23C(=O)Nc2ccccc23)CC1. The summed E-state index contributed by atoms with van der Waals surface area (Å²) < 4.78 is 1.69. The quantitative estimate of drug-likeness (QED) is 0.606. The first-order valence-corrected chi connectivity index (χ1v) is 11.2. The molecule has 3 atom stereocenters. The van der Waals surface area contributed by atoms with Crippen molar-refractivity contribution in [2.75, 3.05) is 5.32 Å². The molecular formula is C23H22BrClN2O2. The zero-order chi connectivity index (χ0) is 20.4. The number of anilines is 1. The van der Waals surface area contributed by atoms with Crippen LogP contribution in [0.5, 0.6) is 0 Å². The molecule has 6 heteroatoms. The monoisotopic (exact) mass is 472 g/mol. The van der Waals surface area contributed by atoms with Gasteiger partial charge < -0.3 is 5.32 Å².